The fourth-order valence-corrected chi connectivity index (χ4v) is 4.45. The van der Waals surface area contributed by atoms with Crippen LogP contribution in [0.3, 0.4) is 0 Å². The molecule has 27 heavy (non-hydrogen) atoms. The number of anilines is 1. The third-order valence-corrected chi connectivity index (χ3v) is 5.66. The van der Waals surface area contributed by atoms with Crippen LogP contribution in [0.2, 0.25) is 0 Å². The lowest BCUT2D eigenvalue weighted by Crippen LogP contribution is -2.49. The molecule has 1 saturated heterocycles. The molecule has 1 aromatic carbocycles. The normalized spacial score (nSPS) is 22.7. The maximum atomic E-state index is 12.1. The molecule has 0 saturated carbocycles. The van der Waals surface area contributed by atoms with Crippen LogP contribution in [0.25, 0.3) is 0 Å². The van der Waals surface area contributed by atoms with Crippen LogP contribution in [0.1, 0.15) is 18.0 Å². The molecular weight excluding hydrogens is 342 g/mol. The van der Waals surface area contributed by atoms with Gasteiger partial charge in [-0.05, 0) is 42.7 Å². The number of methoxy groups -OCH3 is 1. The van der Waals surface area contributed by atoms with Gasteiger partial charge in [-0.3, -0.25) is 9.69 Å². The highest BCUT2D eigenvalue weighted by Gasteiger charge is 2.34. The van der Waals surface area contributed by atoms with Gasteiger partial charge in [-0.1, -0.05) is 6.07 Å². The van der Waals surface area contributed by atoms with Crippen molar-refractivity contribution in [2.45, 2.75) is 25.0 Å². The molecule has 144 valence electrons. The minimum absolute atomic E-state index is 0.111. The molecule has 4 rings (SSSR count). The maximum absolute atomic E-state index is 12.1. The van der Waals surface area contributed by atoms with E-state index in [0.717, 1.165) is 43.2 Å². The number of rotatable bonds is 6. The summed E-state index contributed by atoms with van der Waals surface area (Å²) in [6.07, 6.45) is 0.698. The Morgan fingerprint density at radius 1 is 1.19 bits per heavy atom. The number of aliphatic hydroxyl groups is 1. The monoisotopic (exact) mass is 369 g/mol. The number of hydrogen-bond acceptors (Lipinski definition) is 5. The molecule has 2 aliphatic rings. The number of hydrogen-bond donors (Lipinski definition) is 2. The number of ether oxygens (including phenoxy) is 1. The highest BCUT2D eigenvalue weighted by Crippen LogP contribution is 2.34. The van der Waals surface area contributed by atoms with E-state index in [9.17, 15) is 9.90 Å². The summed E-state index contributed by atoms with van der Waals surface area (Å²) in [5, 5.41) is 13.8. The largest absolute Gasteiger partial charge is 0.497 e. The van der Waals surface area contributed by atoms with Gasteiger partial charge >= 0.3 is 0 Å². The van der Waals surface area contributed by atoms with E-state index in [4.69, 9.17) is 4.74 Å². The molecule has 6 nitrogen and oxygen atoms in total. The number of benzene rings is 1. The first-order valence-corrected chi connectivity index (χ1v) is 9.60. The summed E-state index contributed by atoms with van der Waals surface area (Å²) in [6.45, 7) is 3.79. The topological polar surface area (TPSA) is 66.7 Å². The molecule has 2 aliphatic heterocycles. The molecule has 0 spiro atoms. The summed E-state index contributed by atoms with van der Waals surface area (Å²) < 4.78 is 7.10. The summed E-state index contributed by atoms with van der Waals surface area (Å²) in [4.78, 5) is 14.5. The Balaban J connectivity index is 1.33. The van der Waals surface area contributed by atoms with E-state index in [1.165, 1.54) is 0 Å². The van der Waals surface area contributed by atoms with Gasteiger partial charge in [0.1, 0.15) is 5.75 Å². The van der Waals surface area contributed by atoms with Crippen LogP contribution >= 0.6 is 0 Å². The van der Waals surface area contributed by atoms with Crippen LogP contribution in [0.4, 0.5) is 5.69 Å². The minimum Gasteiger partial charge on any atom is -0.497 e. The van der Waals surface area contributed by atoms with Crippen molar-refractivity contribution in [3.8, 4) is 5.75 Å². The van der Waals surface area contributed by atoms with Gasteiger partial charge in [0.2, 0.25) is 0 Å². The van der Waals surface area contributed by atoms with Gasteiger partial charge in [-0.15, -0.1) is 0 Å². The summed E-state index contributed by atoms with van der Waals surface area (Å²) >= 11 is 0. The quantitative estimate of drug-likeness (QED) is 0.812. The summed E-state index contributed by atoms with van der Waals surface area (Å²) in [7, 11) is 1.65. The number of β-amino-alcohol motifs (C(OH)–C–C–N with tert-alkyl or cyclic N) is 1. The second-order valence-electron chi connectivity index (χ2n) is 7.68. The predicted octanol–water partition coefficient (Wildman–Crippen LogP) is 1.75. The van der Waals surface area contributed by atoms with E-state index in [0.29, 0.717) is 24.9 Å². The fraction of sp³-hybridized carbons (Fsp3) is 0.476. The summed E-state index contributed by atoms with van der Waals surface area (Å²) in [5.74, 6) is 1.69. The summed E-state index contributed by atoms with van der Waals surface area (Å²) in [5.41, 5.74) is 2.23. The van der Waals surface area contributed by atoms with Crippen molar-refractivity contribution >= 4 is 5.69 Å². The Hall–Kier alpha value is -2.31. The van der Waals surface area contributed by atoms with Crippen molar-refractivity contribution in [3.63, 3.8) is 0 Å². The first kappa shape index (κ1) is 18.1. The van der Waals surface area contributed by atoms with E-state index in [-0.39, 0.29) is 5.56 Å². The number of fused-ring (bicyclic) bond motifs is 4. The molecule has 3 atom stereocenters. The molecule has 0 radical (unpaired) electrons. The molecule has 1 fully saturated rings. The van der Waals surface area contributed by atoms with Gasteiger partial charge < -0.3 is 19.7 Å². The van der Waals surface area contributed by atoms with Crippen molar-refractivity contribution in [1.82, 2.24) is 9.47 Å². The molecule has 0 unspecified atom stereocenters. The Kier molecular flexibility index (Phi) is 5.18. The second kappa shape index (κ2) is 7.74. The SMILES string of the molecule is COc1ccc(NC[C@H](O)CN2C[C@H]3C[C@H](C2)c2cccc(=O)n2C3)cc1. The highest BCUT2D eigenvalue weighted by atomic mass is 16.5. The van der Waals surface area contributed by atoms with E-state index >= 15 is 0 Å². The van der Waals surface area contributed by atoms with Crippen LogP contribution in [0.5, 0.6) is 5.75 Å². The van der Waals surface area contributed by atoms with E-state index in [1.807, 2.05) is 34.9 Å². The molecule has 3 heterocycles. The van der Waals surface area contributed by atoms with Crippen molar-refractivity contribution in [2.24, 2.45) is 5.92 Å². The Morgan fingerprint density at radius 3 is 2.78 bits per heavy atom. The van der Waals surface area contributed by atoms with Crippen LogP contribution in [-0.2, 0) is 6.54 Å². The van der Waals surface area contributed by atoms with Gasteiger partial charge in [0.25, 0.3) is 5.56 Å². The maximum Gasteiger partial charge on any atom is 0.250 e. The molecule has 6 heteroatoms. The molecule has 1 aromatic heterocycles. The summed E-state index contributed by atoms with van der Waals surface area (Å²) in [6, 6.07) is 13.3. The van der Waals surface area contributed by atoms with Crippen molar-refractivity contribution in [1.29, 1.82) is 0 Å². The number of aromatic nitrogens is 1. The van der Waals surface area contributed by atoms with Gasteiger partial charge in [-0.2, -0.15) is 0 Å². The zero-order chi connectivity index (χ0) is 18.8. The van der Waals surface area contributed by atoms with Gasteiger partial charge in [0.15, 0.2) is 0 Å². The van der Waals surface area contributed by atoms with Crippen molar-refractivity contribution in [2.75, 3.05) is 38.6 Å². The average Bonchev–Trinajstić information content (AvgIpc) is 2.67. The van der Waals surface area contributed by atoms with Crippen LogP contribution in [0, 0.1) is 5.92 Å². The predicted molar refractivity (Wildman–Crippen MR) is 105 cm³/mol. The molecule has 2 aromatic rings. The molecule has 0 amide bonds. The first-order valence-electron chi connectivity index (χ1n) is 9.60. The second-order valence-corrected chi connectivity index (χ2v) is 7.68. The van der Waals surface area contributed by atoms with Gasteiger partial charge in [0.05, 0.1) is 13.2 Å². The van der Waals surface area contributed by atoms with Gasteiger partial charge in [-0.25, -0.2) is 0 Å². The molecular formula is C21H27N3O3. The fourth-order valence-electron chi connectivity index (χ4n) is 4.45. The molecule has 2 N–H and O–H groups in total. The standard InChI is InChI=1S/C21H27N3O3/c1-27-19-7-5-17(6-8-19)22-10-18(25)14-23-11-15-9-16(13-23)20-3-2-4-21(26)24(20)12-15/h2-8,15-16,18,22,25H,9-14H2,1H3/t15-,16-,18+/m1/s1. The molecule has 0 aliphatic carbocycles. The van der Waals surface area contributed by atoms with Crippen molar-refractivity contribution < 1.29 is 9.84 Å². The number of pyridine rings is 1. The lowest BCUT2D eigenvalue weighted by molar-refractivity contribution is 0.0676. The smallest absolute Gasteiger partial charge is 0.250 e. The number of nitrogens with one attached hydrogen (secondary N) is 1. The molecule has 2 bridgehead atoms. The van der Waals surface area contributed by atoms with Crippen molar-refractivity contribution in [3.05, 3.63) is 58.5 Å². The van der Waals surface area contributed by atoms with E-state index in [1.54, 1.807) is 13.2 Å². The Bertz CT molecular complexity index is 833. The van der Waals surface area contributed by atoms with Gasteiger partial charge in [0, 0.05) is 56.1 Å². The highest BCUT2D eigenvalue weighted by molar-refractivity contribution is 5.46. The van der Waals surface area contributed by atoms with Crippen LogP contribution in [0.15, 0.2) is 47.3 Å². The zero-order valence-corrected chi connectivity index (χ0v) is 15.7. The van der Waals surface area contributed by atoms with Crippen LogP contribution < -0.4 is 15.6 Å². The Labute approximate surface area is 159 Å². The third kappa shape index (κ3) is 4.01. The number of nitrogens with zero attached hydrogens (tertiary/aromatic N) is 2. The number of likely N-dealkylation sites (tertiary alicyclic amines) is 1. The first-order chi connectivity index (χ1) is 13.1. The number of piperidine rings is 1. The Morgan fingerprint density at radius 2 is 2.00 bits per heavy atom. The van der Waals surface area contributed by atoms with Crippen LogP contribution in [-0.4, -0.2) is 54.0 Å². The van der Waals surface area contributed by atoms with E-state index in [2.05, 4.69) is 16.3 Å². The average molecular weight is 369 g/mol. The number of aliphatic hydroxyl groups excluding tert-OH is 1. The minimum atomic E-state index is -0.441. The lowest BCUT2D eigenvalue weighted by atomic mass is 9.83. The third-order valence-electron chi connectivity index (χ3n) is 5.66. The van der Waals surface area contributed by atoms with E-state index < -0.39 is 6.10 Å². The lowest BCUT2D eigenvalue weighted by Gasteiger charge is -2.43. The zero-order valence-electron chi connectivity index (χ0n) is 15.7.